The number of aromatic nitrogens is 3. The van der Waals surface area contributed by atoms with Crippen LogP contribution in [0, 0.1) is 5.41 Å². The molecule has 96 valence electrons. The van der Waals surface area contributed by atoms with Crippen molar-refractivity contribution in [2.24, 2.45) is 5.73 Å². The molecule has 2 heterocycles. The molecule has 0 radical (unpaired) electrons. The summed E-state index contributed by atoms with van der Waals surface area (Å²) in [7, 11) is 0. The molecule has 2 aromatic heterocycles. The van der Waals surface area contributed by atoms with Gasteiger partial charge in [0.05, 0.1) is 12.0 Å². The van der Waals surface area contributed by atoms with Crippen molar-refractivity contribution in [2.45, 2.75) is 26.3 Å². The van der Waals surface area contributed by atoms with Crippen molar-refractivity contribution in [1.82, 2.24) is 14.6 Å². The van der Waals surface area contributed by atoms with E-state index in [1.165, 1.54) is 0 Å². The molecule has 0 unspecified atom stereocenters. The van der Waals surface area contributed by atoms with Gasteiger partial charge in [-0.1, -0.05) is 0 Å². The highest BCUT2D eigenvalue weighted by molar-refractivity contribution is 5.77. The third-order valence-corrected chi connectivity index (χ3v) is 2.78. The quantitative estimate of drug-likeness (QED) is 0.614. The molecule has 0 saturated heterocycles. The molecule has 0 atom stereocenters. The molecule has 2 rings (SSSR count). The van der Waals surface area contributed by atoms with E-state index in [-0.39, 0.29) is 5.84 Å². The standard InChI is InChI=1S/C12H18N6/c1-9(2)17(7-4-10(13)14)11-5-8-18-12(16-11)3-6-15-18/h3,5-6,8-9H,4,7H2,1-2H3,(H3,13,14). The summed E-state index contributed by atoms with van der Waals surface area (Å²) in [5, 5.41) is 11.4. The number of anilines is 1. The van der Waals surface area contributed by atoms with Crippen molar-refractivity contribution < 1.29 is 0 Å². The van der Waals surface area contributed by atoms with E-state index in [9.17, 15) is 0 Å². The van der Waals surface area contributed by atoms with Gasteiger partial charge < -0.3 is 10.6 Å². The van der Waals surface area contributed by atoms with Gasteiger partial charge in [0.1, 0.15) is 5.82 Å². The van der Waals surface area contributed by atoms with Crippen molar-refractivity contribution in [3.05, 3.63) is 24.5 Å². The molecule has 0 spiro atoms. The maximum Gasteiger partial charge on any atom is 0.157 e. The molecule has 0 aliphatic rings. The van der Waals surface area contributed by atoms with Gasteiger partial charge in [-0.05, 0) is 19.9 Å². The van der Waals surface area contributed by atoms with E-state index < -0.39 is 0 Å². The van der Waals surface area contributed by atoms with E-state index in [1.807, 2.05) is 18.3 Å². The van der Waals surface area contributed by atoms with Gasteiger partial charge in [0.15, 0.2) is 5.65 Å². The minimum Gasteiger partial charge on any atom is -0.388 e. The van der Waals surface area contributed by atoms with Gasteiger partial charge >= 0.3 is 0 Å². The number of nitrogens with two attached hydrogens (primary N) is 1. The third kappa shape index (κ3) is 2.58. The highest BCUT2D eigenvalue weighted by Crippen LogP contribution is 2.15. The molecule has 18 heavy (non-hydrogen) atoms. The van der Waals surface area contributed by atoms with Crippen molar-refractivity contribution in [3.63, 3.8) is 0 Å². The smallest absolute Gasteiger partial charge is 0.157 e. The number of rotatable bonds is 5. The molecule has 0 saturated carbocycles. The van der Waals surface area contributed by atoms with E-state index in [0.29, 0.717) is 19.0 Å². The number of fused-ring (bicyclic) bond motifs is 1. The number of hydrogen-bond acceptors (Lipinski definition) is 4. The molecular formula is C12H18N6. The van der Waals surface area contributed by atoms with Crippen molar-refractivity contribution in [3.8, 4) is 0 Å². The molecule has 2 aromatic rings. The maximum atomic E-state index is 7.31. The van der Waals surface area contributed by atoms with Crippen LogP contribution in [0.3, 0.4) is 0 Å². The zero-order valence-electron chi connectivity index (χ0n) is 10.7. The predicted octanol–water partition coefficient (Wildman–Crippen LogP) is 1.27. The molecular weight excluding hydrogens is 228 g/mol. The van der Waals surface area contributed by atoms with Crippen LogP contribution in [0.1, 0.15) is 20.3 Å². The van der Waals surface area contributed by atoms with Gasteiger partial charge in [0.25, 0.3) is 0 Å². The first-order chi connectivity index (χ1) is 8.58. The van der Waals surface area contributed by atoms with E-state index in [0.717, 1.165) is 11.5 Å². The molecule has 3 N–H and O–H groups in total. The Labute approximate surface area is 106 Å². The van der Waals surface area contributed by atoms with Crippen LogP contribution in [-0.2, 0) is 0 Å². The Bertz CT molecular complexity index is 544. The Morgan fingerprint density at radius 3 is 2.94 bits per heavy atom. The second-order valence-corrected chi connectivity index (χ2v) is 4.48. The maximum absolute atomic E-state index is 7.31. The lowest BCUT2D eigenvalue weighted by Gasteiger charge is -2.27. The van der Waals surface area contributed by atoms with Gasteiger partial charge in [-0.2, -0.15) is 5.10 Å². The predicted molar refractivity (Wildman–Crippen MR) is 72.0 cm³/mol. The summed E-state index contributed by atoms with van der Waals surface area (Å²) < 4.78 is 1.73. The Hall–Kier alpha value is -2.11. The van der Waals surface area contributed by atoms with Crippen LogP contribution in [0.2, 0.25) is 0 Å². The Morgan fingerprint density at radius 1 is 1.50 bits per heavy atom. The molecule has 0 aliphatic heterocycles. The van der Waals surface area contributed by atoms with E-state index in [2.05, 4.69) is 28.8 Å². The first-order valence-electron chi connectivity index (χ1n) is 5.98. The summed E-state index contributed by atoms with van der Waals surface area (Å²) in [4.78, 5) is 6.68. The fourth-order valence-electron chi connectivity index (χ4n) is 1.84. The highest BCUT2D eigenvalue weighted by Gasteiger charge is 2.12. The van der Waals surface area contributed by atoms with Crippen LogP contribution in [0.25, 0.3) is 5.65 Å². The molecule has 0 bridgehead atoms. The average Bonchev–Trinajstić information content (AvgIpc) is 2.75. The van der Waals surface area contributed by atoms with Gasteiger partial charge in [-0.25, -0.2) is 9.50 Å². The van der Waals surface area contributed by atoms with Gasteiger partial charge in [0, 0.05) is 31.3 Å². The van der Waals surface area contributed by atoms with Gasteiger partial charge in [-0.3, -0.25) is 5.41 Å². The summed E-state index contributed by atoms with van der Waals surface area (Å²) in [6.45, 7) is 4.90. The molecule has 0 amide bonds. The van der Waals surface area contributed by atoms with Crippen LogP contribution in [-0.4, -0.2) is 33.0 Å². The molecule has 0 aromatic carbocycles. The monoisotopic (exact) mass is 246 g/mol. The lowest BCUT2D eigenvalue weighted by molar-refractivity contribution is 0.678. The SMILES string of the molecule is CC(C)N(CCC(=N)N)c1ccn2nccc2n1. The normalized spacial score (nSPS) is 11.1. The molecule has 6 nitrogen and oxygen atoms in total. The molecule has 0 fully saturated rings. The summed E-state index contributed by atoms with van der Waals surface area (Å²) >= 11 is 0. The lowest BCUT2D eigenvalue weighted by atomic mass is 10.2. The number of hydrogen-bond donors (Lipinski definition) is 2. The Kier molecular flexibility index (Phi) is 3.45. The Balaban J connectivity index is 2.25. The zero-order valence-corrected chi connectivity index (χ0v) is 10.7. The third-order valence-electron chi connectivity index (χ3n) is 2.78. The van der Waals surface area contributed by atoms with Crippen LogP contribution in [0.4, 0.5) is 5.82 Å². The van der Waals surface area contributed by atoms with Crippen molar-refractivity contribution >= 4 is 17.3 Å². The molecule has 0 aliphatic carbocycles. The topological polar surface area (TPSA) is 83.3 Å². The molecule has 6 heteroatoms. The van der Waals surface area contributed by atoms with E-state index >= 15 is 0 Å². The van der Waals surface area contributed by atoms with Crippen molar-refractivity contribution in [2.75, 3.05) is 11.4 Å². The largest absolute Gasteiger partial charge is 0.388 e. The average molecular weight is 246 g/mol. The highest BCUT2D eigenvalue weighted by atomic mass is 15.3. The minimum atomic E-state index is 0.200. The van der Waals surface area contributed by atoms with Crippen LogP contribution < -0.4 is 10.6 Å². The Morgan fingerprint density at radius 2 is 2.28 bits per heavy atom. The summed E-state index contributed by atoms with van der Waals surface area (Å²) in [5.41, 5.74) is 6.24. The number of nitrogens with one attached hydrogen (secondary N) is 1. The van der Waals surface area contributed by atoms with E-state index in [1.54, 1.807) is 10.7 Å². The summed E-state index contributed by atoms with van der Waals surface area (Å²) in [6, 6.07) is 4.11. The first-order valence-corrected chi connectivity index (χ1v) is 5.98. The summed E-state index contributed by atoms with van der Waals surface area (Å²) in [6.07, 6.45) is 4.16. The van der Waals surface area contributed by atoms with Gasteiger partial charge in [0.2, 0.25) is 0 Å². The van der Waals surface area contributed by atoms with E-state index in [4.69, 9.17) is 11.1 Å². The van der Waals surface area contributed by atoms with Gasteiger partial charge in [-0.15, -0.1) is 0 Å². The van der Waals surface area contributed by atoms with Crippen LogP contribution in [0.5, 0.6) is 0 Å². The number of nitrogens with zero attached hydrogens (tertiary/aromatic N) is 4. The lowest BCUT2D eigenvalue weighted by Crippen LogP contribution is -2.34. The van der Waals surface area contributed by atoms with Crippen molar-refractivity contribution in [1.29, 1.82) is 5.41 Å². The van der Waals surface area contributed by atoms with Crippen LogP contribution in [0.15, 0.2) is 24.5 Å². The minimum absolute atomic E-state index is 0.200. The second-order valence-electron chi connectivity index (χ2n) is 4.48. The van der Waals surface area contributed by atoms with Crippen LogP contribution >= 0.6 is 0 Å². The number of amidine groups is 1. The summed E-state index contributed by atoms with van der Waals surface area (Å²) in [5.74, 6) is 1.09. The fourth-order valence-corrected chi connectivity index (χ4v) is 1.84. The zero-order chi connectivity index (χ0) is 13.1. The fraction of sp³-hybridized carbons (Fsp3) is 0.417. The first kappa shape index (κ1) is 12.3. The second kappa shape index (κ2) is 5.03.